The van der Waals surface area contributed by atoms with Gasteiger partial charge < -0.3 is 9.84 Å². The highest BCUT2D eigenvalue weighted by Crippen LogP contribution is 2.30. The second-order valence-corrected chi connectivity index (χ2v) is 5.95. The van der Waals surface area contributed by atoms with Crippen molar-refractivity contribution in [3.63, 3.8) is 0 Å². The van der Waals surface area contributed by atoms with Gasteiger partial charge in [-0.3, -0.25) is 4.90 Å². The summed E-state index contributed by atoms with van der Waals surface area (Å²) in [5.74, 6) is 0.875. The van der Waals surface area contributed by atoms with Gasteiger partial charge in [-0.2, -0.15) is 0 Å². The van der Waals surface area contributed by atoms with Crippen LogP contribution in [0.2, 0.25) is 0 Å². The first-order valence-corrected chi connectivity index (χ1v) is 7.83. The topological polar surface area (TPSA) is 32.7 Å². The highest BCUT2D eigenvalue weighted by Gasteiger charge is 2.21. The summed E-state index contributed by atoms with van der Waals surface area (Å²) in [7, 11) is 3.59. The molecule has 3 rings (SSSR count). The lowest BCUT2D eigenvalue weighted by atomic mass is 9.83. The minimum absolute atomic E-state index is 0.283. The minimum Gasteiger partial charge on any atom is -0.505 e. The van der Waals surface area contributed by atoms with Crippen LogP contribution in [0.3, 0.4) is 0 Å². The van der Waals surface area contributed by atoms with Gasteiger partial charge in [0.15, 0.2) is 11.5 Å². The molecule has 1 aliphatic rings. The number of aromatic hydroxyl groups is 1. The van der Waals surface area contributed by atoms with E-state index in [2.05, 4.69) is 35.2 Å². The largest absolute Gasteiger partial charge is 0.505 e. The van der Waals surface area contributed by atoms with Crippen LogP contribution in [0.4, 0.5) is 0 Å². The van der Waals surface area contributed by atoms with Gasteiger partial charge in [-0.15, -0.1) is 0 Å². The second-order valence-electron chi connectivity index (χ2n) is 5.95. The van der Waals surface area contributed by atoms with E-state index < -0.39 is 0 Å². The molecular formula is C18H22BNO2. The quantitative estimate of drug-likeness (QED) is 0.862. The molecule has 0 atom stereocenters. The fourth-order valence-corrected chi connectivity index (χ4v) is 3.19. The molecule has 0 unspecified atom stereocenters. The molecule has 1 aliphatic heterocycles. The Balaban J connectivity index is 1.72. The molecule has 3 nitrogen and oxygen atoms in total. The van der Waals surface area contributed by atoms with E-state index in [0.717, 1.165) is 37.9 Å². The number of hydrogen-bond acceptors (Lipinski definition) is 3. The first-order chi connectivity index (χ1) is 10.7. The van der Waals surface area contributed by atoms with Crippen LogP contribution < -0.4 is 10.2 Å². The van der Waals surface area contributed by atoms with Crippen molar-refractivity contribution in [2.24, 2.45) is 0 Å². The monoisotopic (exact) mass is 295 g/mol. The van der Waals surface area contributed by atoms with Gasteiger partial charge in [-0.1, -0.05) is 30.3 Å². The number of fused-ring (bicyclic) bond motifs is 1. The van der Waals surface area contributed by atoms with E-state index in [1.165, 1.54) is 16.7 Å². The third kappa shape index (κ3) is 2.97. The molecule has 2 aromatic carbocycles. The molecule has 0 bridgehead atoms. The summed E-state index contributed by atoms with van der Waals surface area (Å²) >= 11 is 0. The van der Waals surface area contributed by atoms with Crippen molar-refractivity contribution in [3.8, 4) is 11.5 Å². The molecule has 0 fully saturated rings. The number of phenolic OH excluding ortho intramolecular Hbond substituents is 1. The number of nitrogens with zero attached hydrogens (tertiary/aromatic N) is 1. The Labute approximate surface area is 132 Å². The van der Waals surface area contributed by atoms with Crippen LogP contribution in [0, 0.1) is 0 Å². The Morgan fingerprint density at radius 2 is 2.05 bits per heavy atom. The predicted molar refractivity (Wildman–Crippen MR) is 92.0 cm³/mol. The lowest BCUT2D eigenvalue weighted by Gasteiger charge is -2.30. The first-order valence-electron chi connectivity index (χ1n) is 7.83. The van der Waals surface area contributed by atoms with E-state index >= 15 is 0 Å². The Morgan fingerprint density at radius 1 is 1.27 bits per heavy atom. The van der Waals surface area contributed by atoms with E-state index in [1.807, 2.05) is 13.9 Å². The van der Waals surface area contributed by atoms with Gasteiger partial charge in [0.25, 0.3) is 0 Å². The summed E-state index contributed by atoms with van der Waals surface area (Å²) in [4.78, 5) is 2.47. The molecule has 0 aliphatic carbocycles. The van der Waals surface area contributed by atoms with Crippen LogP contribution in [-0.4, -0.2) is 38.1 Å². The third-order valence-electron chi connectivity index (χ3n) is 4.59. The first kappa shape index (κ1) is 15.0. The molecule has 1 N–H and O–H groups in total. The zero-order valence-electron chi connectivity index (χ0n) is 13.3. The van der Waals surface area contributed by atoms with Gasteiger partial charge in [-0.05, 0) is 41.1 Å². The van der Waals surface area contributed by atoms with Crippen molar-refractivity contribution in [2.45, 2.75) is 19.4 Å². The standard InChI is InChI=1S/C18H22BNO2/c1-22-16-11-14-8-10-20(12-15(14)17(19)18(16)21)9-7-13-5-3-2-4-6-13/h2-6,11,21H,7-10,12,19H2,1H3. The number of rotatable bonds is 4. The third-order valence-corrected chi connectivity index (χ3v) is 4.59. The molecule has 2 aromatic rings. The molecule has 0 saturated carbocycles. The van der Waals surface area contributed by atoms with Crippen molar-refractivity contribution in [1.29, 1.82) is 0 Å². The molecule has 114 valence electrons. The smallest absolute Gasteiger partial charge is 0.160 e. The van der Waals surface area contributed by atoms with Crippen LogP contribution in [-0.2, 0) is 19.4 Å². The van der Waals surface area contributed by atoms with E-state index in [1.54, 1.807) is 7.11 Å². The van der Waals surface area contributed by atoms with Crippen LogP contribution in [0.15, 0.2) is 36.4 Å². The van der Waals surface area contributed by atoms with Gasteiger partial charge in [0.2, 0.25) is 0 Å². The zero-order valence-corrected chi connectivity index (χ0v) is 13.3. The summed E-state index contributed by atoms with van der Waals surface area (Å²) < 4.78 is 5.26. The molecule has 22 heavy (non-hydrogen) atoms. The summed E-state index contributed by atoms with van der Waals surface area (Å²) in [6.07, 6.45) is 2.08. The fourth-order valence-electron chi connectivity index (χ4n) is 3.19. The van der Waals surface area contributed by atoms with Gasteiger partial charge in [0.05, 0.1) is 7.11 Å². The molecule has 0 aromatic heterocycles. The maximum absolute atomic E-state index is 10.2. The average Bonchev–Trinajstić information content (AvgIpc) is 2.57. The Morgan fingerprint density at radius 3 is 2.77 bits per heavy atom. The molecule has 1 heterocycles. The number of phenols is 1. The maximum Gasteiger partial charge on any atom is 0.160 e. The molecule has 0 radical (unpaired) electrons. The molecule has 0 spiro atoms. The normalized spacial score (nSPS) is 14.6. The van der Waals surface area contributed by atoms with Crippen molar-refractivity contribution < 1.29 is 9.84 Å². The zero-order chi connectivity index (χ0) is 15.5. The van der Waals surface area contributed by atoms with Crippen molar-refractivity contribution >= 4 is 13.3 Å². The predicted octanol–water partition coefficient (Wildman–Crippen LogP) is 1.26. The van der Waals surface area contributed by atoms with Crippen LogP contribution in [0.5, 0.6) is 11.5 Å². The van der Waals surface area contributed by atoms with E-state index in [-0.39, 0.29) is 5.75 Å². The number of hydrogen-bond donors (Lipinski definition) is 1. The molecule has 4 heteroatoms. The highest BCUT2D eigenvalue weighted by atomic mass is 16.5. The highest BCUT2D eigenvalue weighted by molar-refractivity contribution is 6.35. The summed E-state index contributed by atoms with van der Waals surface area (Å²) in [5.41, 5.74) is 4.90. The molecule has 0 amide bonds. The number of methoxy groups -OCH3 is 1. The Bertz CT molecular complexity index is 658. The van der Waals surface area contributed by atoms with Crippen LogP contribution in [0.25, 0.3) is 0 Å². The van der Waals surface area contributed by atoms with Crippen molar-refractivity contribution in [3.05, 3.63) is 53.1 Å². The molecular weight excluding hydrogens is 273 g/mol. The second kappa shape index (κ2) is 6.45. The molecule has 0 saturated heterocycles. The average molecular weight is 295 g/mol. The van der Waals surface area contributed by atoms with Crippen LogP contribution in [0.1, 0.15) is 16.7 Å². The van der Waals surface area contributed by atoms with Gasteiger partial charge in [0, 0.05) is 19.6 Å². The van der Waals surface area contributed by atoms with E-state index in [0.29, 0.717) is 5.75 Å². The lowest BCUT2D eigenvalue weighted by molar-refractivity contribution is 0.257. The number of ether oxygens (including phenoxy) is 1. The summed E-state index contributed by atoms with van der Waals surface area (Å²) in [5, 5.41) is 10.2. The van der Waals surface area contributed by atoms with E-state index in [4.69, 9.17) is 4.74 Å². The van der Waals surface area contributed by atoms with Crippen molar-refractivity contribution in [1.82, 2.24) is 4.90 Å². The SMILES string of the molecule is Bc1c(O)c(OC)cc2c1CN(CCc1ccccc1)CC2. The Hall–Kier alpha value is -1.94. The summed E-state index contributed by atoms with van der Waals surface area (Å²) in [6.45, 7) is 3.02. The maximum atomic E-state index is 10.2. The van der Waals surface area contributed by atoms with Gasteiger partial charge in [-0.25, -0.2) is 0 Å². The Kier molecular flexibility index (Phi) is 4.39. The summed E-state index contributed by atoms with van der Waals surface area (Å²) in [6, 6.07) is 12.6. The van der Waals surface area contributed by atoms with Gasteiger partial charge in [0.1, 0.15) is 7.85 Å². The number of benzene rings is 2. The fraction of sp³-hybridized carbons (Fsp3) is 0.333. The van der Waals surface area contributed by atoms with E-state index in [9.17, 15) is 5.11 Å². The van der Waals surface area contributed by atoms with Crippen molar-refractivity contribution in [2.75, 3.05) is 20.2 Å². The van der Waals surface area contributed by atoms with Crippen LogP contribution >= 0.6 is 0 Å². The lowest BCUT2D eigenvalue weighted by Crippen LogP contribution is -2.35. The van der Waals surface area contributed by atoms with Gasteiger partial charge >= 0.3 is 0 Å². The minimum atomic E-state index is 0.283.